The van der Waals surface area contributed by atoms with Crippen molar-refractivity contribution in [1.82, 2.24) is 5.32 Å². The van der Waals surface area contributed by atoms with Crippen molar-refractivity contribution in [3.63, 3.8) is 0 Å². The Kier molecular flexibility index (Phi) is 5.99. The minimum atomic E-state index is -0.364. The van der Waals surface area contributed by atoms with Gasteiger partial charge in [0.25, 0.3) is 0 Å². The molecular weight excluding hydrogens is 370 g/mol. The van der Waals surface area contributed by atoms with E-state index < -0.39 is 0 Å². The fourth-order valence-electron chi connectivity index (χ4n) is 4.06. The van der Waals surface area contributed by atoms with Gasteiger partial charge in [0.2, 0.25) is 0 Å². The lowest BCUT2D eigenvalue weighted by Gasteiger charge is -2.14. The van der Waals surface area contributed by atoms with Crippen molar-refractivity contribution in [2.24, 2.45) is 0 Å². The highest BCUT2D eigenvalue weighted by molar-refractivity contribution is 5.79. The average Bonchev–Trinajstić information content (AvgIpc) is 3.08. The standard InChI is InChI=1S/C27H27NO2/c1-19-14-15-20(2)21(17-19)9-7-8-16-28-27(29)30-18-26-24-12-5-3-10-22(24)23-11-4-6-13-25(23)26/h3-7,9-15,17,26H,8,16,18H2,1-2H3,(H,28,29). The number of ether oxygens (including phenoxy) is 1. The van der Waals surface area contributed by atoms with Gasteiger partial charge in [0, 0.05) is 12.5 Å². The number of benzene rings is 3. The van der Waals surface area contributed by atoms with Crippen LogP contribution in [0.2, 0.25) is 0 Å². The highest BCUT2D eigenvalue weighted by atomic mass is 16.5. The zero-order chi connectivity index (χ0) is 20.9. The monoisotopic (exact) mass is 397 g/mol. The van der Waals surface area contributed by atoms with Gasteiger partial charge in [-0.15, -0.1) is 0 Å². The molecular formula is C27H27NO2. The Morgan fingerprint density at radius 1 is 0.967 bits per heavy atom. The summed E-state index contributed by atoms with van der Waals surface area (Å²) in [5.74, 6) is 0.0901. The molecule has 1 aliphatic carbocycles. The van der Waals surface area contributed by atoms with Crippen LogP contribution in [0.4, 0.5) is 4.79 Å². The van der Waals surface area contributed by atoms with E-state index in [1.807, 2.05) is 12.1 Å². The van der Waals surface area contributed by atoms with Crippen LogP contribution in [0.5, 0.6) is 0 Å². The lowest BCUT2D eigenvalue weighted by Crippen LogP contribution is -2.26. The molecule has 3 heteroatoms. The zero-order valence-electron chi connectivity index (χ0n) is 17.5. The highest BCUT2D eigenvalue weighted by Crippen LogP contribution is 2.44. The number of nitrogens with one attached hydrogen (secondary N) is 1. The molecule has 3 aromatic rings. The second kappa shape index (κ2) is 9.00. The maximum absolute atomic E-state index is 12.2. The summed E-state index contributed by atoms with van der Waals surface area (Å²) in [7, 11) is 0. The molecule has 30 heavy (non-hydrogen) atoms. The van der Waals surface area contributed by atoms with Crippen LogP contribution in [-0.4, -0.2) is 19.2 Å². The Hall–Kier alpha value is -3.33. The number of aryl methyl sites for hydroxylation is 2. The molecule has 0 fully saturated rings. The Balaban J connectivity index is 1.28. The van der Waals surface area contributed by atoms with E-state index in [0.29, 0.717) is 13.2 Å². The fraction of sp³-hybridized carbons (Fsp3) is 0.222. The summed E-state index contributed by atoms with van der Waals surface area (Å²) in [6.07, 6.45) is 4.60. The summed E-state index contributed by atoms with van der Waals surface area (Å²) in [6.45, 7) is 5.10. The van der Waals surface area contributed by atoms with Gasteiger partial charge in [-0.3, -0.25) is 0 Å². The Morgan fingerprint density at radius 3 is 2.33 bits per heavy atom. The molecule has 0 aromatic heterocycles. The van der Waals surface area contributed by atoms with Crippen LogP contribution in [0.15, 0.2) is 72.8 Å². The molecule has 1 N–H and O–H groups in total. The zero-order valence-corrected chi connectivity index (χ0v) is 17.5. The molecule has 4 rings (SSSR count). The van der Waals surface area contributed by atoms with Crippen LogP contribution in [0.3, 0.4) is 0 Å². The van der Waals surface area contributed by atoms with Gasteiger partial charge >= 0.3 is 6.09 Å². The maximum atomic E-state index is 12.2. The molecule has 3 aromatic carbocycles. The van der Waals surface area contributed by atoms with Gasteiger partial charge in [0.1, 0.15) is 6.61 Å². The lowest BCUT2D eigenvalue weighted by atomic mass is 9.98. The van der Waals surface area contributed by atoms with Gasteiger partial charge < -0.3 is 10.1 Å². The Morgan fingerprint density at radius 2 is 1.63 bits per heavy atom. The van der Waals surface area contributed by atoms with Crippen LogP contribution in [0.1, 0.15) is 40.2 Å². The van der Waals surface area contributed by atoms with Gasteiger partial charge in [-0.2, -0.15) is 0 Å². The van der Waals surface area contributed by atoms with E-state index in [9.17, 15) is 4.79 Å². The van der Waals surface area contributed by atoms with Crippen LogP contribution in [0.25, 0.3) is 17.2 Å². The van der Waals surface area contributed by atoms with E-state index in [1.165, 1.54) is 38.9 Å². The maximum Gasteiger partial charge on any atom is 0.407 e. The van der Waals surface area contributed by atoms with Crippen molar-refractivity contribution < 1.29 is 9.53 Å². The number of hydrogen-bond acceptors (Lipinski definition) is 2. The molecule has 0 saturated carbocycles. The predicted octanol–water partition coefficient (Wildman–Crippen LogP) is 6.25. The van der Waals surface area contributed by atoms with E-state index in [4.69, 9.17) is 4.74 Å². The first kappa shape index (κ1) is 20.0. The van der Waals surface area contributed by atoms with Gasteiger partial charge in [0.15, 0.2) is 0 Å². The van der Waals surface area contributed by atoms with Crippen LogP contribution >= 0.6 is 0 Å². The third-order valence-electron chi connectivity index (χ3n) is 5.66. The molecule has 152 valence electrons. The summed E-state index contributed by atoms with van der Waals surface area (Å²) in [5, 5.41) is 2.85. The third kappa shape index (κ3) is 4.30. The smallest absolute Gasteiger partial charge is 0.407 e. The van der Waals surface area contributed by atoms with Crippen molar-refractivity contribution in [2.75, 3.05) is 13.2 Å². The molecule has 1 aliphatic rings. The summed E-state index contributed by atoms with van der Waals surface area (Å²) in [6, 6.07) is 23.1. The van der Waals surface area contributed by atoms with E-state index in [1.54, 1.807) is 0 Å². The normalized spacial score (nSPS) is 12.6. The average molecular weight is 398 g/mol. The minimum Gasteiger partial charge on any atom is -0.449 e. The molecule has 0 radical (unpaired) electrons. The lowest BCUT2D eigenvalue weighted by molar-refractivity contribution is 0.143. The van der Waals surface area contributed by atoms with Gasteiger partial charge in [-0.1, -0.05) is 84.4 Å². The largest absolute Gasteiger partial charge is 0.449 e. The summed E-state index contributed by atoms with van der Waals surface area (Å²) >= 11 is 0. The van der Waals surface area contributed by atoms with Crippen molar-refractivity contribution >= 4 is 12.2 Å². The molecule has 3 nitrogen and oxygen atoms in total. The molecule has 0 bridgehead atoms. The summed E-state index contributed by atoms with van der Waals surface area (Å²) < 4.78 is 5.57. The second-order valence-electron chi connectivity index (χ2n) is 7.80. The van der Waals surface area contributed by atoms with Gasteiger partial charge in [-0.05, 0) is 53.6 Å². The van der Waals surface area contributed by atoms with E-state index in [-0.39, 0.29) is 12.0 Å². The number of rotatable bonds is 6. The van der Waals surface area contributed by atoms with Crippen molar-refractivity contribution in [3.8, 4) is 11.1 Å². The first-order valence-corrected chi connectivity index (χ1v) is 10.5. The SMILES string of the molecule is Cc1ccc(C)c(C=CCCNC(=O)OCC2c3ccccc3-c3ccccc32)c1. The number of carbonyl (C=O) groups is 1. The first-order valence-electron chi connectivity index (χ1n) is 10.5. The molecule has 0 aliphatic heterocycles. The minimum absolute atomic E-state index is 0.0901. The molecule has 0 unspecified atom stereocenters. The number of hydrogen-bond donors (Lipinski definition) is 1. The molecule has 1 amide bonds. The molecule has 0 heterocycles. The highest BCUT2D eigenvalue weighted by Gasteiger charge is 2.28. The molecule has 0 atom stereocenters. The van der Waals surface area contributed by atoms with E-state index in [2.05, 4.69) is 85.9 Å². The van der Waals surface area contributed by atoms with Crippen molar-refractivity contribution in [1.29, 1.82) is 0 Å². The van der Waals surface area contributed by atoms with Crippen molar-refractivity contribution in [3.05, 3.63) is 101 Å². The predicted molar refractivity (Wildman–Crippen MR) is 123 cm³/mol. The number of fused-ring (bicyclic) bond motifs is 3. The van der Waals surface area contributed by atoms with Gasteiger partial charge in [-0.25, -0.2) is 4.79 Å². The Bertz CT molecular complexity index is 1040. The second-order valence-corrected chi connectivity index (χ2v) is 7.80. The van der Waals surface area contributed by atoms with Crippen LogP contribution in [-0.2, 0) is 4.74 Å². The quantitative estimate of drug-likeness (QED) is 0.500. The Labute approximate surface area is 178 Å². The van der Waals surface area contributed by atoms with E-state index in [0.717, 1.165) is 6.42 Å². The third-order valence-corrected chi connectivity index (χ3v) is 5.66. The van der Waals surface area contributed by atoms with Crippen LogP contribution < -0.4 is 5.32 Å². The number of carbonyl (C=O) groups excluding carboxylic acids is 1. The summed E-state index contributed by atoms with van der Waals surface area (Å²) in [4.78, 5) is 12.2. The summed E-state index contributed by atoms with van der Waals surface area (Å²) in [5.41, 5.74) is 8.64. The van der Waals surface area contributed by atoms with E-state index >= 15 is 0 Å². The van der Waals surface area contributed by atoms with Gasteiger partial charge in [0.05, 0.1) is 0 Å². The number of amides is 1. The molecule has 0 saturated heterocycles. The number of alkyl carbamates (subject to hydrolysis) is 1. The fourth-order valence-corrected chi connectivity index (χ4v) is 4.06. The van der Waals surface area contributed by atoms with Crippen LogP contribution in [0, 0.1) is 13.8 Å². The first-order chi connectivity index (χ1) is 14.6. The molecule has 0 spiro atoms. The van der Waals surface area contributed by atoms with Crippen molar-refractivity contribution in [2.45, 2.75) is 26.2 Å². The topological polar surface area (TPSA) is 38.3 Å².